The molecule has 0 bridgehead atoms. The molecule has 4 heteroatoms. The largest absolute Gasteiger partial charge is 0.295 e. The van der Waals surface area contributed by atoms with Crippen LogP contribution >= 0.6 is 0 Å². The Bertz CT molecular complexity index is 1100. The number of Topliss-reactive ketones (excluding diaryl/α,β-unsaturated/α-hetero) is 1. The molecule has 1 aromatic heterocycles. The summed E-state index contributed by atoms with van der Waals surface area (Å²) >= 11 is 0. The number of carbonyl (C=O) groups excluding carboxylic acids is 1. The van der Waals surface area contributed by atoms with Crippen molar-refractivity contribution >= 4 is 22.1 Å². The minimum atomic E-state index is -0.211. The van der Waals surface area contributed by atoms with Crippen molar-refractivity contribution in [3.05, 3.63) is 102 Å². The molecule has 0 N–H and O–H groups in total. The minimum Gasteiger partial charge on any atom is -0.295 e. The third kappa shape index (κ3) is 3.17. The molecule has 4 nitrogen and oxygen atoms in total. The molecule has 0 aliphatic heterocycles. The second kappa shape index (κ2) is 7.15. The van der Waals surface area contributed by atoms with Gasteiger partial charge in [-0.25, -0.2) is 0 Å². The fourth-order valence-corrected chi connectivity index (χ4v) is 2.76. The van der Waals surface area contributed by atoms with Gasteiger partial charge in [-0.2, -0.15) is 9.78 Å². The van der Waals surface area contributed by atoms with Crippen LogP contribution < -0.4 is 5.56 Å². The van der Waals surface area contributed by atoms with Gasteiger partial charge in [-0.1, -0.05) is 37.5 Å². The first kappa shape index (κ1) is 17.3. The Hall–Kier alpha value is -3.53. The van der Waals surface area contributed by atoms with Crippen molar-refractivity contribution < 1.29 is 4.79 Å². The molecule has 0 radical (unpaired) electrons. The Morgan fingerprint density at radius 2 is 1.77 bits per heavy atom. The molecule has 0 saturated heterocycles. The Kier molecular flexibility index (Phi) is 4.76. The zero-order chi connectivity index (χ0) is 18.7. The number of benzene rings is 2. The highest BCUT2D eigenvalue weighted by Crippen LogP contribution is 2.20. The summed E-state index contributed by atoms with van der Waals surface area (Å²) in [5.41, 5.74) is 2.86. The third-order valence-electron chi connectivity index (χ3n) is 4.16. The summed E-state index contributed by atoms with van der Waals surface area (Å²) in [6, 6.07) is 12.4. The van der Waals surface area contributed by atoms with E-state index in [1.807, 2.05) is 18.2 Å². The Balaban J connectivity index is 2.10. The summed E-state index contributed by atoms with van der Waals surface area (Å²) in [7, 11) is 0. The average molecular weight is 342 g/mol. The average Bonchev–Trinajstić information content (AvgIpc) is 2.66. The molecular weight excluding hydrogens is 324 g/mol. The first-order valence-electron chi connectivity index (χ1n) is 8.14. The monoisotopic (exact) mass is 342 g/mol. The maximum Gasteiger partial charge on any atom is 0.279 e. The van der Waals surface area contributed by atoms with Crippen molar-refractivity contribution in [3.8, 4) is 5.69 Å². The smallest absolute Gasteiger partial charge is 0.279 e. The summed E-state index contributed by atoms with van der Waals surface area (Å²) in [5, 5.41) is 5.60. The van der Waals surface area contributed by atoms with Gasteiger partial charge in [0, 0.05) is 10.9 Å². The van der Waals surface area contributed by atoms with E-state index in [1.54, 1.807) is 48.7 Å². The highest BCUT2D eigenvalue weighted by molar-refractivity contribution is 5.94. The molecule has 0 saturated carbocycles. The van der Waals surface area contributed by atoms with Crippen LogP contribution in [0.1, 0.15) is 22.8 Å². The number of hydrogen-bond donors (Lipinski definition) is 0. The van der Waals surface area contributed by atoms with Crippen molar-refractivity contribution in [1.29, 1.82) is 0 Å². The van der Waals surface area contributed by atoms with Crippen LogP contribution in [0.2, 0.25) is 0 Å². The third-order valence-corrected chi connectivity index (χ3v) is 4.16. The molecular formula is C22H18N2O2. The fourth-order valence-electron chi connectivity index (χ4n) is 2.76. The lowest BCUT2D eigenvalue weighted by molar-refractivity contribution is 0.101. The van der Waals surface area contributed by atoms with Gasteiger partial charge in [0.15, 0.2) is 5.78 Å². The van der Waals surface area contributed by atoms with Crippen LogP contribution in [0.4, 0.5) is 0 Å². The number of hydrogen-bond acceptors (Lipinski definition) is 3. The lowest BCUT2D eigenvalue weighted by Crippen LogP contribution is -2.21. The molecule has 0 aliphatic carbocycles. The summed E-state index contributed by atoms with van der Waals surface area (Å²) in [6.07, 6.45) is 6.96. The minimum absolute atomic E-state index is 0.0199. The van der Waals surface area contributed by atoms with Crippen LogP contribution in [0.3, 0.4) is 0 Å². The van der Waals surface area contributed by atoms with Gasteiger partial charge < -0.3 is 0 Å². The van der Waals surface area contributed by atoms with Gasteiger partial charge in [-0.3, -0.25) is 9.59 Å². The highest BCUT2D eigenvalue weighted by Gasteiger charge is 2.08. The van der Waals surface area contributed by atoms with Crippen LogP contribution in [-0.4, -0.2) is 15.6 Å². The van der Waals surface area contributed by atoms with Crippen molar-refractivity contribution in [2.24, 2.45) is 0 Å². The molecule has 2 aromatic carbocycles. The molecule has 0 fully saturated rings. The zero-order valence-electron chi connectivity index (χ0n) is 14.5. The summed E-state index contributed by atoms with van der Waals surface area (Å²) in [5.74, 6) is -0.0199. The number of fused-ring (bicyclic) bond motifs is 1. The molecule has 0 aliphatic rings. The van der Waals surface area contributed by atoms with Gasteiger partial charge in [0.1, 0.15) is 0 Å². The molecule has 0 atom stereocenters. The van der Waals surface area contributed by atoms with E-state index in [1.165, 1.54) is 11.6 Å². The summed E-state index contributed by atoms with van der Waals surface area (Å²) in [4.78, 5) is 24.2. The number of carbonyl (C=O) groups is 1. The van der Waals surface area contributed by atoms with Crippen LogP contribution in [0.15, 0.2) is 84.8 Å². The number of ketones is 1. The van der Waals surface area contributed by atoms with Crippen molar-refractivity contribution in [1.82, 2.24) is 9.78 Å². The molecule has 3 rings (SSSR count). The molecule has 3 aromatic rings. The van der Waals surface area contributed by atoms with Crippen LogP contribution in [0.5, 0.6) is 0 Å². The lowest BCUT2D eigenvalue weighted by atomic mass is 10.0. The van der Waals surface area contributed by atoms with Gasteiger partial charge in [0.05, 0.1) is 17.3 Å². The Morgan fingerprint density at radius 1 is 1.08 bits per heavy atom. The topological polar surface area (TPSA) is 52.0 Å². The first-order chi connectivity index (χ1) is 12.5. The predicted molar refractivity (Wildman–Crippen MR) is 106 cm³/mol. The number of aromatic nitrogens is 2. The van der Waals surface area contributed by atoms with E-state index >= 15 is 0 Å². The predicted octanol–water partition coefficient (Wildman–Crippen LogP) is 4.34. The lowest BCUT2D eigenvalue weighted by Gasteiger charge is -2.08. The maximum atomic E-state index is 12.8. The molecule has 1 heterocycles. The first-order valence-corrected chi connectivity index (χ1v) is 8.14. The normalized spacial score (nSPS) is 11.3. The SMILES string of the molecule is C=C/C=C(\C=C)c1ccc2c(=O)n(-c3ccc(C(C)=O)cc3)ncc2c1. The van der Waals surface area contributed by atoms with E-state index < -0.39 is 0 Å². The second-order valence-corrected chi connectivity index (χ2v) is 5.83. The van der Waals surface area contributed by atoms with Crippen LogP contribution in [-0.2, 0) is 0 Å². The molecule has 128 valence electrons. The van der Waals surface area contributed by atoms with Gasteiger partial charge in [-0.05, 0) is 54.5 Å². The van der Waals surface area contributed by atoms with E-state index in [0.29, 0.717) is 16.6 Å². The van der Waals surface area contributed by atoms with E-state index in [2.05, 4.69) is 18.3 Å². The number of nitrogens with zero attached hydrogens (tertiary/aromatic N) is 2. The van der Waals surface area contributed by atoms with E-state index in [4.69, 9.17) is 0 Å². The highest BCUT2D eigenvalue weighted by atomic mass is 16.1. The number of rotatable bonds is 5. The van der Waals surface area contributed by atoms with Crippen molar-refractivity contribution in [2.75, 3.05) is 0 Å². The molecule has 0 amide bonds. The summed E-state index contributed by atoms with van der Waals surface area (Å²) in [6.45, 7) is 9.01. The van der Waals surface area contributed by atoms with Gasteiger partial charge in [0.2, 0.25) is 0 Å². The van der Waals surface area contributed by atoms with Crippen LogP contribution in [0, 0.1) is 0 Å². The van der Waals surface area contributed by atoms with E-state index in [-0.39, 0.29) is 11.3 Å². The molecule has 0 spiro atoms. The molecule has 26 heavy (non-hydrogen) atoms. The van der Waals surface area contributed by atoms with E-state index in [9.17, 15) is 9.59 Å². The van der Waals surface area contributed by atoms with Gasteiger partial charge >= 0.3 is 0 Å². The summed E-state index contributed by atoms with van der Waals surface area (Å²) < 4.78 is 1.33. The zero-order valence-corrected chi connectivity index (χ0v) is 14.5. The van der Waals surface area contributed by atoms with Crippen molar-refractivity contribution in [3.63, 3.8) is 0 Å². The quantitative estimate of drug-likeness (QED) is 0.512. The number of allylic oxidation sites excluding steroid dienone is 4. The molecule has 0 unspecified atom stereocenters. The van der Waals surface area contributed by atoms with Gasteiger partial charge in [-0.15, -0.1) is 0 Å². The van der Waals surface area contributed by atoms with Crippen LogP contribution in [0.25, 0.3) is 22.0 Å². The maximum absolute atomic E-state index is 12.8. The fraction of sp³-hybridized carbons (Fsp3) is 0.0455. The van der Waals surface area contributed by atoms with E-state index in [0.717, 1.165) is 16.5 Å². The second-order valence-electron chi connectivity index (χ2n) is 5.83. The van der Waals surface area contributed by atoms with Crippen molar-refractivity contribution in [2.45, 2.75) is 6.92 Å². The standard InChI is InChI=1S/C22H18N2O2/c1-4-6-16(5-2)18-9-12-21-19(13-18)14-23-24(22(21)26)20-10-7-17(8-11-20)15(3)25/h4-14H,1-2H2,3H3/b16-6+. The Morgan fingerprint density at radius 3 is 2.38 bits per heavy atom. The van der Waals surface area contributed by atoms with Gasteiger partial charge in [0.25, 0.3) is 5.56 Å². The Labute approximate surface area is 151 Å².